The Morgan fingerprint density at radius 3 is 2.62 bits per heavy atom. The number of nitrogens with two attached hydrogens (primary N) is 1. The Balaban J connectivity index is 1.95. The molecule has 2 amide bonds. The van der Waals surface area contributed by atoms with E-state index in [0.29, 0.717) is 16.9 Å². The Bertz CT molecular complexity index is 775. The summed E-state index contributed by atoms with van der Waals surface area (Å²) < 4.78 is 5.87. The first-order valence-corrected chi connectivity index (χ1v) is 7.58. The molecule has 0 radical (unpaired) electrons. The van der Waals surface area contributed by atoms with Crippen LogP contribution in [0.3, 0.4) is 0 Å². The van der Waals surface area contributed by atoms with Gasteiger partial charge in [-0.05, 0) is 42.5 Å². The molecule has 2 rings (SSSR count). The number of hydrazone groups is 1. The molecule has 0 aliphatic rings. The maximum Gasteiger partial charge on any atom is 0.271 e. The maximum atomic E-state index is 12.0. The van der Waals surface area contributed by atoms with Gasteiger partial charge in [0.2, 0.25) is 0 Å². The quantitative estimate of drug-likeness (QED) is 0.514. The highest BCUT2D eigenvalue weighted by molar-refractivity contribution is 9.10. The van der Waals surface area contributed by atoms with Crippen molar-refractivity contribution in [1.29, 1.82) is 0 Å². The van der Waals surface area contributed by atoms with Gasteiger partial charge < -0.3 is 15.6 Å². The molecule has 0 saturated heterocycles. The van der Waals surface area contributed by atoms with E-state index in [4.69, 9.17) is 10.5 Å². The maximum absolute atomic E-state index is 12.0. The number of aromatic hydroxyl groups is 1. The number of primary amides is 1. The lowest BCUT2D eigenvalue weighted by Crippen LogP contribution is -2.20. The highest BCUT2D eigenvalue weighted by Crippen LogP contribution is 2.20. The minimum Gasteiger partial charge on any atom is -0.507 e. The molecule has 0 fully saturated rings. The minimum atomic E-state index is -0.582. The van der Waals surface area contributed by atoms with Crippen LogP contribution in [0.5, 0.6) is 11.5 Å². The SMILES string of the molecule is NC(=O)COc1ccc(C(=O)N/N=C/c2cc(Br)ccc2O)cc1. The molecule has 0 aliphatic heterocycles. The number of nitrogens with one attached hydrogen (secondary N) is 1. The summed E-state index contributed by atoms with van der Waals surface area (Å²) in [5.41, 5.74) is 8.15. The molecular formula is C16H14BrN3O4. The van der Waals surface area contributed by atoms with E-state index in [-0.39, 0.29) is 12.4 Å². The van der Waals surface area contributed by atoms with Crippen molar-refractivity contribution in [3.8, 4) is 11.5 Å². The normalized spacial score (nSPS) is 10.5. The number of rotatable bonds is 6. The van der Waals surface area contributed by atoms with Gasteiger partial charge in [0.1, 0.15) is 11.5 Å². The van der Waals surface area contributed by atoms with Crippen LogP contribution in [0.25, 0.3) is 0 Å². The molecule has 2 aromatic rings. The van der Waals surface area contributed by atoms with E-state index in [1.807, 2.05) is 0 Å². The van der Waals surface area contributed by atoms with Gasteiger partial charge in [-0.2, -0.15) is 5.10 Å². The zero-order chi connectivity index (χ0) is 17.5. The number of nitrogens with zero attached hydrogens (tertiary/aromatic N) is 1. The van der Waals surface area contributed by atoms with Crippen LogP contribution in [0.2, 0.25) is 0 Å². The molecule has 124 valence electrons. The van der Waals surface area contributed by atoms with Crippen LogP contribution in [0.4, 0.5) is 0 Å². The standard InChI is InChI=1S/C16H14BrN3O4/c17-12-3-6-14(21)11(7-12)8-19-20-16(23)10-1-4-13(5-2-10)24-9-15(18)22/h1-8,21H,9H2,(H2,18,22)(H,20,23)/b19-8+. The van der Waals surface area contributed by atoms with Crippen LogP contribution >= 0.6 is 15.9 Å². The summed E-state index contributed by atoms with van der Waals surface area (Å²) in [5, 5.41) is 13.5. The van der Waals surface area contributed by atoms with Gasteiger partial charge in [-0.25, -0.2) is 5.43 Å². The first-order valence-electron chi connectivity index (χ1n) is 6.79. The van der Waals surface area contributed by atoms with Gasteiger partial charge in [-0.15, -0.1) is 0 Å². The summed E-state index contributed by atoms with van der Waals surface area (Å²) in [4.78, 5) is 22.6. The first kappa shape index (κ1) is 17.5. The van der Waals surface area contributed by atoms with E-state index in [9.17, 15) is 14.7 Å². The zero-order valence-corrected chi connectivity index (χ0v) is 14.0. The van der Waals surface area contributed by atoms with Crippen LogP contribution < -0.4 is 15.9 Å². The van der Waals surface area contributed by atoms with E-state index in [0.717, 1.165) is 4.47 Å². The van der Waals surface area contributed by atoms with E-state index in [1.54, 1.807) is 24.3 Å². The zero-order valence-electron chi connectivity index (χ0n) is 12.4. The average Bonchev–Trinajstić information content (AvgIpc) is 2.56. The number of ether oxygens (including phenoxy) is 1. The minimum absolute atomic E-state index is 0.0483. The van der Waals surface area contributed by atoms with Crippen molar-refractivity contribution < 1.29 is 19.4 Å². The lowest BCUT2D eigenvalue weighted by atomic mass is 10.2. The Labute approximate surface area is 146 Å². The number of amides is 2. The van der Waals surface area contributed by atoms with Crippen molar-refractivity contribution in [1.82, 2.24) is 5.43 Å². The van der Waals surface area contributed by atoms with Gasteiger partial charge in [0, 0.05) is 15.6 Å². The highest BCUT2D eigenvalue weighted by Gasteiger charge is 2.05. The number of benzene rings is 2. The van der Waals surface area contributed by atoms with Crippen LogP contribution in [-0.2, 0) is 4.79 Å². The number of carbonyl (C=O) groups excluding carboxylic acids is 2. The molecule has 2 aromatic carbocycles. The summed E-state index contributed by atoms with van der Waals surface area (Å²) in [5.74, 6) is -0.538. The van der Waals surface area contributed by atoms with Gasteiger partial charge in [-0.1, -0.05) is 15.9 Å². The van der Waals surface area contributed by atoms with Crippen LogP contribution in [0, 0.1) is 0 Å². The number of phenolic OH excluding ortho intramolecular Hbond substituents is 1. The molecular weight excluding hydrogens is 378 g/mol. The first-order chi connectivity index (χ1) is 11.5. The monoisotopic (exact) mass is 391 g/mol. The molecule has 0 bridgehead atoms. The van der Waals surface area contributed by atoms with Gasteiger partial charge in [0.15, 0.2) is 6.61 Å². The van der Waals surface area contributed by atoms with E-state index < -0.39 is 11.8 Å². The summed E-state index contributed by atoms with van der Waals surface area (Å²) >= 11 is 3.28. The Morgan fingerprint density at radius 1 is 1.25 bits per heavy atom. The lowest BCUT2D eigenvalue weighted by Gasteiger charge is -2.05. The molecule has 4 N–H and O–H groups in total. The van der Waals surface area contributed by atoms with E-state index >= 15 is 0 Å². The molecule has 0 saturated carbocycles. The fraction of sp³-hybridized carbons (Fsp3) is 0.0625. The van der Waals surface area contributed by atoms with E-state index in [1.165, 1.54) is 24.4 Å². The van der Waals surface area contributed by atoms with Gasteiger partial charge >= 0.3 is 0 Å². The van der Waals surface area contributed by atoms with Crippen molar-refractivity contribution in [2.24, 2.45) is 10.8 Å². The van der Waals surface area contributed by atoms with Crippen molar-refractivity contribution in [3.63, 3.8) is 0 Å². The molecule has 0 atom stereocenters. The molecule has 0 unspecified atom stereocenters. The number of phenols is 1. The topological polar surface area (TPSA) is 114 Å². The fourth-order valence-corrected chi connectivity index (χ4v) is 2.09. The molecule has 0 aliphatic carbocycles. The van der Waals surface area contributed by atoms with Crippen molar-refractivity contribution in [2.45, 2.75) is 0 Å². The van der Waals surface area contributed by atoms with Crippen molar-refractivity contribution in [3.05, 3.63) is 58.1 Å². The third kappa shape index (κ3) is 5.10. The molecule has 0 spiro atoms. The van der Waals surface area contributed by atoms with Crippen molar-refractivity contribution >= 4 is 34.0 Å². The predicted octanol–water partition coefficient (Wildman–Crippen LogP) is 1.78. The molecule has 8 heteroatoms. The van der Waals surface area contributed by atoms with Crippen LogP contribution in [0.1, 0.15) is 15.9 Å². The second-order valence-corrected chi connectivity index (χ2v) is 5.60. The molecule has 0 heterocycles. The van der Waals surface area contributed by atoms with E-state index in [2.05, 4.69) is 26.5 Å². The second kappa shape index (κ2) is 8.11. The Kier molecular flexibility index (Phi) is 5.91. The van der Waals surface area contributed by atoms with Gasteiger partial charge in [-0.3, -0.25) is 9.59 Å². The summed E-state index contributed by atoms with van der Waals surface area (Å²) in [7, 11) is 0. The predicted molar refractivity (Wildman–Crippen MR) is 92.0 cm³/mol. The third-order valence-corrected chi connectivity index (χ3v) is 3.35. The smallest absolute Gasteiger partial charge is 0.271 e. The number of hydrogen-bond donors (Lipinski definition) is 3. The molecule has 24 heavy (non-hydrogen) atoms. The number of hydrogen-bond acceptors (Lipinski definition) is 5. The molecule has 0 aromatic heterocycles. The van der Waals surface area contributed by atoms with Crippen molar-refractivity contribution in [2.75, 3.05) is 6.61 Å². The highest BCUT2D eigenvalue weighted by atomic mass is 79.9. The number of halogens is 1. The fourth-order valence-electron chi connectivity index (χ4n) is 1.71. The van der Waals surface area contributed by atoms with Gasteiger partial charge in [0.25, 0.3) is 11.8 Å². The average molecular weight is 392 g/mol. The number of carbonyl (C=O) groups is 2. The Morgan fingerprint density at radius 2 is 1.96 bits per heavy atom. The summed E-state index contributed by atoms with van der Waals surface area (Å²) in [6, 6.07) is 11.0. The lowest BCUT2D eigenvalue weighted by molar-refractivity contribution is -0.119. The summed E-state index contributed by atoms with van der Waals surface area (Å²) in [6.07, 6.45) is 1.34. The molecule has 7 nitrogen and oxygen atoms in total. The van der Waals surface area contributed by atoms with Crippen LogP contribution in [0.15, 0.2) is 52.0 Å². The van der Waals surface area contributed by atoms with Gasteiger partial charge in [0.05, 0.1) is 6.21 Å². The largest absolute Gasteiger partial charge is 0.507 e. The Hall–Kier alpha value is -2.87. The summed E-state index contributed by atoms with van der Waals surface area (Å²) in [6.45, 7) is -0.230. The van der Waals surface area contributed by atoms with Crippen LogP contribution in [-0.4, -0.2) is 29.7 Å². The second-order valence-electron chi connectivity index (χ2n) is 4.68. The third-order valence-electron chi connectivity index (χ3n) is 2.86.